The Morgan fingerprint density at radius 3 is 2.88 bits per heavy atom. The van der Waals surface area contributed by atoms with E-state index in [0.29, 0.717) is 5.16 Å². The van der Waals surface area contributed by atoms with Crippen LogP contribution in [-0.4, -0.2) is 68.9 Å². The topological polar surface area (TPSA) is 65.1 Å². The lowest BCUT2D eigenvalue weighted by atomic mass is 10.3. The van der Waals surface area contributed by atoms with Gasteiger partial charge in [-0.25, -0.2) is 4.98 Å². The zero-order valence-corrected chi connectivity index (χ0v) is 15.7. The van der Waals surface area contributed by atoms with Gasteiger partial charge in [0.1, 0.15) is 5.82 Å². The number of likely N-dealkylation sites (N-methyl/N-ethyl adjacent to an activating group) is 1. The van der Waals surface area contributed by atoms with Crippen molar-refractivity contribution in [3.63, 3.8) is 0 Å². The van der Waals surface area contributed by atoms with Crippen molar-refractivity contribution in [2.24, 2.45) is 0 Å². The number of nitrogens with zero attached hydrogens (tertiary/aromatic N) is 4. The summed E-state index contributed by atoms with van der Waals surface area (Å²) in [6.45, 7) is 8.71. The number of carbonyl (C=O) groups excluding carboxylic acids is 1. The van der Waals surface area contributed by atoms with Crippen molar-refractivity contribution in [1.29, 1.82) is 0 Å². The maximum Gasteiger partial charge on any atom is 0.235 e. The summed E-state index contributed by atoms with van der Waals surface area (Å²) in [5.41, 5.74) is 0. The van der Waals surface area contributed by atoms with Gasteiger partial charge in [0.05, 0.1) is 5.25 Å². The van der Waals surface area contributed by atoms with E-state index in [1.54, 1.807) is 11.3 Å². The standard InChI is InChI=1S/C16H23N5OS2/c1-3-20-6-8-21(9-7-20)15(22)12(2)24-16-17-14(18-19-16)11-13-5-4-10-23-13/h4-5,10,12H,3,6-9,11H2,1-2H3,(H,17,18,19). The number of carbonyl (C=O) groups is 1. The number of H-pyrrole nitrogens is 1. The molecule has 2 aromatic rings. The van der Waals surface area contributed by atoms with E-state index in [4.69, 9.17) is 0 Å². The molecule has 3 rings (SSSR count). The number of rotatable bonds is 6. The van der Waals surface area contributed by atoms with Gasteiger partial charge in [0.2, 0.25) is 11.1 Å². The summed E-state index contributed by atoms with van der Waals surface area (Å²) in [6, 6.07) is 4.12. The summed E-state index contributed by atoms with van der Waals surface area (Å²) in [5.74, 6) is 1.02. The summed E-state index contributed by atoms with van der Waals surface area (Å²) in [4.78, 5) is 22.7. The fourth-order valence-electron chi connectivity index (χ4n) is 2.74. The van der Waals surface area contributed by atoms with Gasteiger partial charge in [-0.2, -0.15) is 0 Å². The van der Waals surface area contributed by atoms with Crippen LogP contribution in [0.4, 0.5) is 0 Å². The molecule has 6 nitrogen and oxygen atoms in total. The largest absolute Gasteiger partial charge is 0.339 e. The molecule has 0 radical (unpaired) electrons. The summed E-state index contributed by atoms with van der Waals surface area (Å²) in [6.07, 6.45) is 0.756. The molecule has 2 aromatic heterocycles. The molecule has 24 heavy (non-hydrogen) atoms. The highest BCUT2D eigenvalue weighted by Gasteiger charge is 2.26. The highest BCUT2D eigenvalue weighted by Crippen LogP contribution is 2.22. The van der Waals surface area contributed by atoms with E-state index < -0.39 is 0 Å². The van der Waals surface area contributed by atoms with E-state index in [9.17, 15) is 4.79 Å². The van der Waals surface area contributed by atoms with Crippen molar-refractivity contribution in [2.45, 2.75) is 30.7 Å². The van der Waals surface area contributed by atoms with E-state index in [1.165, 1.54) is 16.6 Å². The predicted molar refractivity (Wildman–Crippen MR) is 97.5 cm³/mol. The zero-order chi connectivity index (χ0) is 16.9. The van der Waals surface area contributed by atoms with Crippen LogP contribution < -0.4 is 0 Å². The Hall–Kier alpha value is -1.38. The average molecular weight is 366 g/mol. The van der Waals surface area contributed by atoms with Gasteiger partial charge >= 0.3 is 0 Å². The Bertz CT molecular complexity index is 649. The SMILES string of the molecule is CCN1CCN(C(=O)C(C)Sc2n[nH]c(Cc3cccs3)n2)CC1. The maximum atomic E-state index is 12.6. The Morgan fingerprint density at radius 2 is 2.21 bits per heavy atom. The number of hydrogen-bond donors (Lipinski definition) is 1. The third-order valence-electron chi connectivity index (χ3n) is 4.19. The molecule has 0 saturated carbocycles. The van der Waals surface area contributed by atoms with E-state index >= 15 is 0 Å². The molecule has 0 aromatic carbocycles. The molecular formula is C16H23N5OS2. The van der Waals surface area contributed by atoms with Crippen molar-refractivity contribution in [3.05, 3.63) is 28.2 Å². The Morgan fingerprint density at radius 1 is 1.42 bits per heavy atom. The molecule has 1 fully saturated rings. The third kappa shape index (κ3) is 4.37. The van der Waals surface area contributed by atoms with Crippen molar-refractivity contribution < 1.29 is 4.79 Å². The summed E-state index contributed by atoms with van der Waals surface area (Å²) in [7, 11) is 0. The molecule has 0 bridgehead atoms. The normalized spacial score (nSPS) is 17.2. The van der Waals surface area contributed by atoms with Crippen LogP contribution in [0, 0.1) is 0 Å². The number of aromatic nitrogens is 3. The molecule has 1 amide bonds. The molecule has 0 spiro atoms. The highest BCUT2D eigenvalue weighted by atomic mass is 32.2. The van der Waals surface area contributed by atoms with Gasteiger partial charge in [-0.15, -0.1) is 16.4 Å². The van der Waals surface area contributed by atoms with Crippen molar-refractivity contribution in [3.8, 4) is 0 Å². The number of aromatic amines is 1. The first kappa shape index (κ1) is 17.4. The van der Waals surface area contributed by atoms with Gasteiger partial charge in [-0.05, 0) is 24.9 Å². The van der Waals surface area contributed by atoms with Crippen LogP contribution in [0.2, 0.25) is 0 Å². The number of thiophene rings is 1. The first-order valence-corrected chi connectivity index (χ1v) is 10.0. The Balaban J connectivity index is 1.52. The lowest BCUT2D eigenvalue weighted by Crippen LogP contribution is -2.50. The molecule has 3 heterocycles. The number of amides is 1. The number of hydrogen-bond acceptors (Lipinski definition) is 6. The second-order valence-corrected chi connectivity index (χ2v) is 8.18. The lowest BCUT2D eigenvalue weighted by Gasteiger charge is -2.35. The summed E-state index contributed by atoms with van der Waals surface area (Å²) in [5, 5.41) is 9.76. The first-order valence-electron chi connectivity index (χ1n) is 8.27. The third-order valence-corrected chi connectivity index (χ3v) is 6.02. The van der Waals surface area contributed by atoms with Crippen molar-refractivity contribution in [1.82, 2.24) is 25.0 Å². The number of nitrogens with one attached hydrogen (secondary N) is 1. The van der Waals surface area contributed by atoms with E-state index in [-0.39, 0.29) is 11.2 Å². The summed E-state index contributed by atoms with van der Waals surface area (Å²) >= 11 is 3.14. The van der Waals surface area contributed by atoms with Gasteiger partial charge in [0, 0.05) is 37.5 Å². The maximum absolute atomic E-state index is 12.6. The molecule has 1 aliphatic rings. The smallest absolute Gasteiger partial charge is 0.235 e. The van der Waals surface area contributed by atoms with Crippen molar-refractivity contribution >= 4 is 29.0 Å². The second kappa shape index (κ2) is 8.13. The molecule has 0 aliphatic carbocycles. The lowest BCUT2D eigenvalue weighted by molar-refractivity contribution is -0.132. The van der Waals surface area contributed by atoms with E-state index in [0.717, 1.165) is 45.0 Å². The Labute approximate surface area is 150 Å². The zero-order valence-electron chi connectivity index (χ0n) is 14.1. The van der Waals surface area contributed by atoms with Crippen LogP contribution in [0.1, 0.15) is 24.5 Å². The van der Waals surface area contributed by atoms with Gasteiger partial charge in [0.15, 0.2) is 0 Å². The van der Waals surface area contributed by atoms with Crippen LogP contribution >= 0.6 is 23.1 Å². The van der Waals surface area contributed by atoms with Gasteiger partial charge in [-0.3, -0.25) is 9.89 Å². The molecular weight excluding hydrogens is 342 g/mol. The molecule has 130 valence electrons. The number of piperazine rings is 1. The van der Waals surface area contributed by atoms with Crippen LogP contribution in [0.5, 0.6) is 0 Å². The van der Waals surface area contributed by atoms with Crippen LogP contribution in [0.15, 0.2) is 22.7 Å². The molecule has 1 atom stereocenters. The van der Waals surface area contributed by atoms with Gasteiger partial charge in [-0.1, -0.05) is 24.8 Å². The van der Waals surface area contributed by atoms with Crippen LogP contribution in [0.25, 0.3) is 0 Å². The Kier molecular flexibility index (Phi) is 5.91. The molecule has 1 aliphatic heterocycles. The monoisotopic (exact) mass is 365 g/mol. The highest BCUT2D eigenvalue weighted by molar-refractivity contribution is 8.00. The molecule has 1 N–H and O–H groups in total. The molecule has 1 saturated heterocycles. The fourth-order valence-corrected chi connectivity index (χ4v) is 4.27. The minimum atomic E-state index is -0.163. The van der Waals surface area contributed by atoms with Crippen molar-refractivity contribution in [2.75, 3.05) is 32.7 Å². The predicted octanol–water partition coefficient (Wildman–Crippen LogP) is 2.10. The van der Waals surface area contributed by atoms with E-state index in [1.807, 2.05) is 17.9 Å². The first-order chi connectivity index (χ1) is 11.7. The molecule has 8 heteroatoms. The quantitative estimate of drug-likeness (QED) is 0.794. The fraction of sp³-hybridized carbons (Fsp3) is 0.562. The van der Waals surface area contributed by atoms with E-state index in [2.05, 4.69) is 38.5 Å². The summed E-state index contributed by atoms with van der Waals surface area (Å²) < 4.78 is 0. The minimum Gasteiger partial charge on any atom is -0.339 e. The van der Waals surface area contributed by atoms with Gasteiger partial charge < -0.3 is 9.80 Å². The van der Waals surface area contributed by atoms with Crippen LogP contribution in [-0.2, 0) is 11.2 Å². The molecule has 1 unspecified atom stereocenters. The number of thioether (sulfide) groups is 1. The minimum absolute atomic E-state index is 0.163. The second-order valence-electron chi connectivity index (χ2n) is 5.84. The average Bonchev–Trinajstić information content (AvgIpc) is 3.27. The van der Waals surface area contributed by atoms with Crippen LogP contribution in [0.3, 0.4) is 0 Å². The van der Waals surface area contributed by atoms with Gasteiger partial charge in [0.25, 0.3) is 0 Å².